The molecular formula is C29H36N2O. The monoisotopic (exact) mass is 428 g/mol. The van der Waals surface area contributed by atoms with E-state index < -0.39 is 0 Å². The number of carbonyl (C=O) groups is 1. The highest BCUT2D eigenvalue weighted by atomic mass is 16.1. The summed E-state index contributed by atoms with van der Waals surface area (Å²) in [5.74, 6) is 0.976. The molecule has 0 N–H and O–H groups in total. The number of hydrogen-bond donors (Lipinski definition) is 0. The van der Waals surface area contributed by atoms with Gasteiger partial charge < -0.3 is 9.80 Å². The summed E-state index contributed by atoms with van der Waals surface area (Å²) in [6.07, 6.45) is 6.35. The van der Waals surface area contributed by atoms with Crippen molar-refractivity contribution in [1.29, 1.82) is 0 Å². The van der Waals surface area contributed by atoms with Crippen molar-refractivity contribution < 1.29 is 4.79 Å². The second kappa shape index (κ2) is 8.96. The number of likely N-dealkylation sites (tertiary alicyclic amines) is 1. The van der Waals surface area contributed by atoms with Gasteiger partial charge in [0.1, 0.15) is 5.78 Å². The maximum Gasteiger partial charge on any atom is 0.139 e. The SMILES string of the molecule is CN1CCC2(CC1)C(=O)CCC2c1ccccc1.CN1CCC2=C(Cc3ccccc32)C1. The van der Waals surface area contributed by atoms with Crippen LogP contribution in [0, 0.1) is 5.41 Å². The Morgan fingerprint density at radius 1 is 0.844 bits per heavy atom. The fourth-order valence-corrected chi connectivity index (χ4v) is 6.48. The van der Waals surface area contributed by atoms with Crippen LogP contribution in [0.1, 0.15) is 54.7 Å². The molecule has 1 spiro atoms. The maximum absolute atomic E-state index is 12.4. The first-order valence-electron chi connectivity index (χ1n) is 12.3. The van der Waals surface area contributed by atoms with E-state index in [1.807, 2.05) is 0 Å². The van der Waals surface area contributed by atoms with Crippen LogP contribution in [0.4, 0.5) is 0 Å². The highest BCUT2D eigenvalue weighted by Gasteiger charge is 2.50. The molecule has 0 bridgehead atoms. The minimum Gasteiger partial charge on any atom is -0.306 e. The van der Waals surface area contributed by atoms with Crippen molar-refractivity contribution in [3.8, 4) is 0 Å². The number of nitrogens with zero attached hydrogens (tertiary/aromatic N) is 2. The van der Waals surface area contributed by atoms with Gasteiger partial charge in [-0.1, -0.05) is 54.6 Å². The number of Topliss-reactive ketones (excluding diaryl/α,β-unsaturated/α-hetero) is 1. The van der Waals surface area contributed by atoms with E-state index >= 15 is 0 Å². The molecule has 2 aliphatic carbocycles. The maximum atomic E-state index is 12.4. The van der Waals surface area contributed by atoms with E-state index in [4.69, 9.17) is 0 Å². The summed E-state index contributed by atoms with van der Waals surface area (Å²) in [5, 5.41) is 0. The molecule has 0 aromatic heterocycles. The van der Waals surface area contributed by atoms with Gasteiger partial charge in [-0.2, -0.15) is 0 Å². The molecular weight excluding hydrogens is 392 g/mol. The molecule has 1 saturated heterocycles. The van der Waals surface area contributed by atoms with Gasteiger partial charge in [0.05, 0.1) is 0 Å². The van der Waals surface area contributed by atoms with E-state index in [2.05, 4.69) is 78.5 Å². The van der Waals surface area contributed by atoms with Gasteiger partial charge in [-0.05, 0) is 93.0 Å². The number of ketones is 1. The highest BCUT2D eigenvalue weighted by Crippen LogP contribution is 2.52. The minimum absolute atomic E-state index is 0.0478. The van der Waals surface area contributed by atoms with Crippen LogP contribution in [0.5, 0.6) is 0 Å². The number of likely N-dealkylation sites (N-methyl/N-ethyl adjacent to an activating group) is 1. The number of fused-ring (bicyclic) bond motifs is 2. The van der Waals surface area contributed by atoms with E-state index in [0.717, 1.165) is 38.8 Å². The second-order valence-corrected chi connectivity index (χ2v) is 10.3. The molecule has 3 nitrogen and oxygen atoms in total. The summed E-state index contributed by atoms with van der Waals surface area (Å²) in [6, 6.07) is 19.5. The van der Waals surface area contributed by atoms with Gasteiger partial charge in [0.25, 0.3) is 0 Å². The van der Waals surface area contributed by atoms with E-state index in [1.54, 1.807) is 11.1 Å². The van der Waals surface area contributed by atoms with Crippen LogP contribution in [0.2, 0.25) is 0 Å². The molecule has 2 fully saturated rings. The Morgan fingerprint density at radius 2 is 1.56 bits per heavy atom. The van der Waals surface area contributed by atoms with Crippen LogP contribution in [-0.4, -0.2) is 55.9 Å². The quantitative estimate of drug-likeness (QED) is 0.625. The first-order valence-corrected chi connectivity index (χ1v) is 12.3. The van der Waals surface area contributed by atoms with Crippen LogP contribution in [0.25, 0.3) is 5.57 Å². The Morgan fingerprint density at radius 3 is 2.34 bits per heavy atom. The van der Waals surface area contributed by atoms with Crippen LogP contribution in [0.3, 0.4) is 0 Å². The van der Waals surface area contributed by atoms with Crippen LogP contribution < -0.4 is 0 Å². The fraction of sp³-hybridized carbons (Fsp3) is 0.483. The van der Waals surface area contributed by atoms with Crippen molar-refractivity contribution >= 4 is 11.4 Å². The topological polar surface area (TPSA) is 23.6 Å². The van der Waals surface area contributed by atoms with Crippen molar-refractivity contribution in [1.82, 2.24) is 9.80 Å². The number of piperidine rings is 1. The normalized spacial score (nSPS) is 24.8. The van der Waals surface area contributed by atoms with E-state index in [1.165, 1.54) is 42.6 Å². The van der Waals surface area contributed by atoms with E-state index in [0.29, 0.717) is 11.7 Å². The Balaban J connectivity index is 0.000000139. The highest BCUT2D eigenvalue weighted by molar-refractivity contribution is 5.88. The van der Waals surface area contributed by atoms with Gasteiger partial charge in [0.2, 0.25) is 0 Å². The third kappa shape index (κ3) is 3.97. The molecule has 0 radical (unpaired) electrons. The van der Waals surface area contributed by atoms with Crippen LogP contribution >= 0.6 is 0 Å². The Hall–Kier alpha value is -2.23. The summed E-state index contributed by atoms with van der Waals surface area (Å²) < 4.78 is 0. The molecule has 1 unspecified atom stereocenters. The molecule has 32 heavy (non-hydrogen) atoms. The van der Waals surface area contributed by atoms with Gasteiger partial charge in [0.15, 0.2) is 0 Å². The van der Waals surface area contributed by atoms with Crippen LogP contribution in [-0.2, 0) is 11.2 Å². The Kier molecular flexibility index (Phi) is 6.05. The molecule has 168 valence electrons. The summed E-state index contributed by atoms with van der Waals surface area (Å²) in [7, 11) is 4.37. The molecule has 1 atom stereocenters. The average Bonchev–Trinajstić information content (AvgIpc) is 3.34. The van der Waals surface area contributed by atoms with Crippen molar-refractivity contribution in [2.45, 2.75) is 44.4 Å². The Bertz CT molecular complexity index is 1000. The van der Waals surface area contributed by atoms with Crippen molar-refractivity contribution in [3.05, 3.63) is 76.9 Å². The molecule has 2 aromatic carbocycles. The van der Waals surface area contributed by atoms with E-state index in [-0.39, 0.29) is 5.41 Å². The lowest BCUT2D eigenvalue weighted by Crippen LogP contribution is -2.43. The molecule has 6 rings (SSSR count). The van der Waals surface area contributed by atoms with Crippen LogP contribution in [0.15, 0.2) is 60.2 Å². The lowest BCUT2D eigenvalue weighted by Gasteiger charge is -2.41. The Labute approximate surface area is 193 Å². The summed E-state index contributed by atoms with van der Waals surface area (Å²) in [4.78, 5) is 17.2. The largest absolute Gasteiger partial charge is 0.306 e. The number of benzene rings is 2. The molecule has 1 saturated carbocycles. The third-order valence-corrected chi connectivity index (χ3v) is 8.34. The van der Waals surface area contributed by atoms with Crippen molar-refractivity contribution in [2.24, 2.45) is 5.41 Å². The second-order valence-electron chi connectivity index (χ2n) is 10.3. The van der Waals surface area contributed by atoms with Gasteiger partial charge in [0, 0.05) is 24.9 Å². The lowest BCUT2D eigenvalue weighted by molar-refractivity contribution is -0.128. The fourth-order valence-electron chi connectivity index (χ4n) is 6.48. The first-order chi connectivity index (χ1) is 15.6. The third-order valence-electron chi connectivity index (χ3n) is 8.34. The van der Waals surface area contributed by atoms with Gasteiger partial charge >= 0.3 is 0 Å². The smallest absolute Gasteiger partial charge is 0.139 e. The van der Waals surface area contributed by atoms with Gasteiger partial charge in [-0.3, -0.25) is 4.79 Å². The standard InChI is InChI=1S/C16H21NO.C13H15N/c1-17-11-9-16(10-12-17)14(7-8-15(16)18)13-5-3-2-4-6-13;1-14-7-6-13-11(9-14)8-10-4-2-3-5-12(10)13/h2-6,14H,7-12H2,1H3;2-5H,6-9H2,1H3. The number of rotatable bonds is 1. The predicted molar refractivity (Wildman–Crippen MR) is 132 cm³/mol. The van der Waals surface area contributed by atoms with Crippen molar-refractivity contribution in [3.63, 3.8) is 0 Å². The first kappa shape index (κ1) is 21.6. The molecule has 3 heteroatoms. The molecule has 0 amide bonds. The number of carbonyl (C=O) groups excluding carboxylic acids is 1. The van der Waals surface area contributed by atoms with Gasteiger partial charge in [-0.25, -0.2) is 0 Å². The number of hydrogen-bond acceptors (Lipinski definition) is 3. The van der Waals surface area contributed by atoms with Gasteiger partial charge in [-0.15, -0.1) is 0 Å². The summed E-state index contributed by atoms with van der Waals surface area (Å²) in [6.45, 7) is 4.52. The minimum atomic E-state index is -0.0478. The lowest BCUT2D eigenvalue weighted by atomic mass is 9.68. The zero-order chi connectivity index (χ0) is 22.1. The molecule has 4 aliphatic rings. The zero-order valence-electron chi connectivity index (χ0n) is 19.6. The zero-order valence-corrected chi connectivity index (χ0v) is 19.6. The van der Waals surface area contributed by atoms with E-state index in [9.17, 15) is 4.79 Å². The molecule has 2 heterocycles. The average molecular weight is 429 g/mol. The molecule has 2 aromatic rings. The van der Waals surface area contributed by atoms with Crippen molar-refractivity contribution in [2.75, 3.05) is 40.3 Å². The molecule has 2 aliphatic heterocycles. The summed E-state index contributed by atoms with van der Waals surface area (Å²) >= 11 is 0. The summed E-state index contributed by atoms with van der Waals surface area (Å²) in [5.41, 5.74) is 7.67. The predicted octanol–water partition coefficient (Wildman–Crippen LogP) is 5.18.